The lowest BCUT2D eigenvalue weighted by atomic mass is 10.2. The van der Waals surface area contributed by atoms with Crippen molar-refractivity contribution in [3.8, 4) is 0 Å². The molecule has 1 aliphatic carbocycles. The number of hydrogen-bond acceptors (Lipinski definition) is 3. The zero-order valence-corrected chi connectivity index (χ0v) is 16.5. The van der Waals surface area contributed by atoms with E-state index >= 15 is 0 Å². The fourth-order valence-corrected chi connectivity index (χ4v) is 3.79. The Labute approximate surface area is 159 Å². The summed E-state index contributed by atoms with van der Waals surface area (Å²) in [6, 6.07) is 11.3. The summed E-state index contributed by atoms with van der Waals surface area (Å²) in [6.45, 7) is 5.21. The molecule has 7 heteroatoms. The van der Waals surface area contributed by atoms with Gasteiger partial charge in [0.15, 0.2) is 0 Å². The minimum atomic E-state index is -3.90. The number of rotatable bonds is 7. The average Bonchev–Trinajstić information content (AvgIpc) is 3.32. The first-order valence-electron chi connectivity index (χ1n) is 8.75. The smallest absolute Gasteiger partial charge is 0.270 e. The van der Waals surface area contributed by atoms with Crippen molar-refractivity contribution in [1.29, 1.82) is 0 Å². The lowest BCUT2D eigenvalue weighted by molar-refractivity contribution is 0.0712. The van der Waals surface area contributed by atoms with E-state index in [1.165, 1.54) is 12.3 Å². The Morgan fingerprint density at radius 3 is 2.46 bits per heavy atom. The van der Waals surface area contributed by atoms with Gasteiger partial charge < -0.3 is 9.47 Å². The van der Waals surface area contributed by atoms with Gasteiger partial charge in [0, 0.05) is 36.0 Å². The molecule has 1 aliphatic rings. The lowest BCUT2D eigenvalue weighted by Crippen LogP contribution is -2.37. The van der Waals surface area contributed by atoms with E-state index in [1.54, 1.807) is 4.57 Å². The van der Waals surface area contributed by atoms with Crippen LogP contribution in [-0.2, 0) is 15.6 Å². The summed E-state index contributed by atoms with van der Waals surface area (Å²) >= 11 is 0. The van der Waals surface area contributed by atoms with E-state index in [-0.39, 0.29) is 16.8 Å². The Morgan fingerprint density at radius 2 is 1.92 bits per heavy atom. The van der Waals surface area contributed by atoms with Gasteiger partial charge >= 0.3 is 0 Å². The van der Waals surface area contributed by atoms with Gasteiger partial charge in [-0.2, -0.15) is 0 Å². The summed E-state index contributed by atoms with van der Waals surface area (Å²) in [7, 11) is 1.62. The third-order valence-electron chi connectivity index (χ3n) is 4.38. The maximum atomic E-state index is 13.2. The van der Waals surface area contributed by atoms with E-state index in [0.29, 0.717) is 24.7 Å². The van der Waals surface area contributed by atoms with Gasteiger partial charge in [-0.15, -0.1) is 0 Å². The summed E-state index contributed by atoms with van der Waals surface area (Å²) in [6.07, 6.45) is 3.44. The van der Waals surface area contributed by atoms with Gasteiger partial charge in [-0.25, -0.2) is 8.42 Å². The van der Waals surface area contributed by atoms with Crippen LogP contribution in [0.1, 0.15) is 42.7 Å². The molecular weight excluding hydrogens is 372 g/mol. The first kappa shape index (κ1) is 19.0. The van der Waals surface area contributed by atoms with Crippen molar-refractivity contribution in [2.24, 2.45) is 5.92 Å². The normalized spacial score (nSPS) is 14.6. The average molecular weight is 395 g/mol. The van der Waals surface area contributed by atoms with Crippen molar-refractivity contribution in [1.82, 2.24) is 9.47 Å². The molecule has 2 aromatic rings. The minimum Gasteiger partial charge on any atom is -0.338 e. The molecule has 1 aromatic heterocycles. The van der Waals surface area contributed by atoms with Crippen LogP contribution in [0, 0.1) is 5.92 Å². The van der Waals surface area contributed by atoms with Crippen LogP contribution in [0.2, 0.25) is 0 Å². The second-order valence-electron chi connectivity index (χ2n) is 7.19. The molecule has 0 N–H and O–H groups in total. The minimum absolute atomic E-state index is 0.0428. The molecule has 26 heavy (non-hydrogen) atoms. The maximum Gasteiger partial charge on any atom is 0.270 e. The third-order valence-corrected chi connectivity index (χ3v) is 5.70. The zero-order valence-electron chi connectivity index (χ0n) is 14.9. The summed E-state index contributed by atoms with van der Waals surface area (Å²) in [5, 5.41) is 0. The summed E-state index contributed by atoms with van der Waals surface area (Å²) in [4.78, 5) is 15.0. The number of benzene rings is 1. The summed E-state index contributed by atoms with van der Waals surface area (Å²) in [5.41, 5.74) is 1.35. The number of hydrogen-bond donors (Lipinski definition) is 0. The van der Waals surface area contributed by atoms with Crippen LogP contribution in [-0.4, -0.2) is 36.4 Å². The number of amides is 1. The van der Waals surface area contributed by atoms with Crippen LogP contribution in [0.25, 0.3) is 0 Å². The Morgan fingerprint density at radius 1 is 1.27 bits per heavy atom. The number of carbonyl (C=O) groups excluding carboxylic acids is 1. The molecule has 0 spiro atoms. The van der Waals surface area contributed by atoms with Crippen molar-refractivity contribution in [2.75, 3.05) is 6.54 Å². The molecule has 0 atom stereocenters. The molecule has 1 saturated carbocycles. The summed E-state index contributed by atoms with van der Waals surface area (Å²) in [5.74, 6) is 0.206. The number of carbonyl (C=O) groups is 1. The van der Waals surface area contributed by atoms with Gasteiger partial charge in [-0.1, -0.05) is 44.2 Å². The first-order valence-corrected chi connectivity index (χ1v) is 11.1. The second-order valence-corrected chi connectivity index (χ2v) is 9.76. The predicted molar refractivity (Wildman–Crippen MR) is 102 cm³/mol. The Bertz CT molecular complexity index is 887. The van der Waals surface area contributed by atoms with Crippen molar-refractivity contribution >= 4 is 25.6 Å². The van der Waals surface area contributed by atoms with Crippen LogP contribution in [0.3, 0.4) is 0 Å². The van der Waals surface area contributed by atoms with E-state index in [2.05, 4.69) is 13.8 Å². The van der Waals surface area contributed by atoms with E-state index in [1.807, 2.05) is 35.2 Å². The monoisotopic (exact) mass is 394 g/mol. The Balaban J connectivity index is 1.98. The van der Waals surface area contributed by atoms with Crippen molar-refractivity contribution < 1.29 is 13.2 Å². The fourth-order valence-electron chi connectivity index (χ4n) is 3.03. The number of aromatic nitrogens is 1. The molecule has 0 aliphatic heterocycles. The zero-order chi connectivity index (χ0) is 18.9. The molecule has 3 rings (SSSR count). The van der Waals surface area contributed by atoms with Gasteiger partial charge in [0.25, 0.3) is 15.0 Å². The second kappa shape index (κ2) is 7.45. The number of nitrogens with zero attached hydrogens (tertiary/aromatic N) is 2. The first-order chi connectivity index (χ1) is 12.3. The van der Waals surface area contributed by atoms with Crippen molar-refractivity contribution in [3.63, 3.8) is 0 Å². The molecule has 1 aromatic carbocycles. The molecule has 0 radical (unpaired) electrons. The highest BCUT2D eigenvalue weighted by atomic mass is 35.7. The van der Waals surface area contributed by atoms with Gasteiger partial charge in [-0.3, -0.25) is 4.79 Å². The van der Waals surface area contributed by atoms with Crippen LogP contribution in [0.4, 0.5) is 0 Å². The van der Waals surface area contributed by atoms with Gasteiger partial charge in [0.1, 0.15) is 10.6 Å². The standard InChI is InChI=1S/C19H23ClN2O3S/c1-14(2)11-22(16-8-9-16)19(23)18-10-17(26(20,24)25)13-21(18)12-15-6-4-3-5-7-15/h3-7,10,13-14,16H,8-9,11-12H2,1-2H3. The number of halogens is 1. The summed E-state index contributed by atoms with van der Waals surface area (Å²) < 4.78 is 25.3. The highest BCUT2D eigenvalue weighted by Crippen LogP contribution is 2.30. The Kier molecular flexibility index (Phi) is 5.44. The van der Waals surface area contributed by atoms with Crippen LogP contribution >= 0.6 is 10.7 Å². The topological polar surface area (TPSA) is 59.4 Å². The quantitative estimate of drug-likeness (QED) is 0.672. The fraction of sp³-hybridized carbons (Fsp3) is 0.421. The van der Waals surface area contributed by atoms with E-state index < -0.39 is 9.05 Å². The van der Waals surface area contributed by atoms with E-state index in [9.17, 15) is 13.2 Å². The molecule has 0 unspecified atom stereocenters. The maximum absolute atomic E-state index is 13.2. The van der Waals surface area contributed by atoms with E-state index in [0.717, 1.165) is 18.4 Å². The SMILES string of the molecule is CC(C)CN(C(=O)c1cc(S(=O)(=O)Cl)cn1Cc1ccccc1)C1CC1. The molecule has 1 fully saturated rings. The molecule has 140 valence electrons. The molecule has 0 saturated heterocycles. The van der Waals surface area contributed by atoms with E-state index in [4.69, 9.17) is 10.7 Å². The van der Waals surface area contributed by atoms with Crippen LogP contribution in [0.5, 0.6) is 0 Å². The van der Waals surface area contributed by atoms with Gasteiger partial charge in [-0.05, 0) is 30.4 Å². The van der Waals surface area contributed by atoms with Gasteiger partial charge in [0.2, 0.25) is 0 Å². The Hall–Kier alpha value is -1.79. The molecule has 1 heterocycles. The molecular formula is C19H23ClN2O3S. The largest absolute Gasteiger partial charge is 0.338 e. The lowest BCUT2D eigenvalue weighted by Gasteiger charge is -2.25. The molecule has 5 nitrogen and oxygen atoms in total. The highest BCUT2D eigenvalue weighted by Gasteiger charge is 2.35. The predicted octanol–water partition coefficient (Wildman–Crippen LogP) is 3.72. The third kappa shape index (κ3) is 4.48. The van der Waals surface area contributed by atoms with Crippen molar-refractivity contribution in [2.45, 2.75) is 44.2 Å². The molecule has 0 bridgehead atoms. The molecule has 1 amide bonds. The van der Waals surface area contributed by atoms with Crippen LogP contribution in [0.15, 0.2) is 47.5 Å². The van der Waals surface area contributed by atoms with Crippen LogP contribution < -0.4 is 0 Å². The highest BCUT2D eigenvalue weighted by molar-refractivity contribution is 8.13. The van der Waals surface area contributed by atoms with Crippen molar-refractivity contribution in [3.05, 3.63) is 53.9 Å². The van der Waals surface area contributed by atoms with Gasteiger partial charge in [0.05, 0.1) is 0 Å².